The largest absolute Gasteiger partial charge is 0.467 e. The molecule has 0 spiro atoms. The molecule has 0 aromatic heterocycles. The maximum atomic E-state index is 10.8. The van der Waals surface area contributed by atoms with Crippen LogP contribution in [0.25, 0.3) is 0 Å². The van der Waals surface area contributed by atoms with Crippen molar-refractivity contribution in [1.82, 2.24) is 0 Å². The van der Waals surface area contributed by atoms with E-state index in [0.717, 1.165) is 0 Å². The average molecular weight is 527 g/mol. The summed E-state index contributed by atoms with van der Waals surface area (Å²) in [5, 5.41) is 0. The van der Waals surface area contributed by atoms with E-state index in [1.165, 1.54) is 7.11 Å². The second kappa shape index (κ2) is 31.8. The van der Waals surface area contributed by atoms with Crippen LogP contribution in [0.2, 0.25) is 0 Å². The molecular weight excluding hydrogens is 480 g/mol. The zero-order chi connectivity index (χ0) is 26.2. The van der Waals surface area contributed by atoms with E-state index in [0.29, 0.717) is 126 Å². The van der Waals surface area contributed by atoms with Crippen LogP contribution < -0.4 is 0 Å². The summed E-state index contributed by atoms with van der Waals surface area (Å²) >= 11 is 0. The Balaban J connectivity index is 3.03. The summed E-state index contributed by atoms with van der Waals surface area (Å²) in [4.78, 5) is 10.8. The normalized spacial score (nSPS) is 11.1. The maximum absolute atomic E-state index is 10.8. The maximum Gasteiger partial charge on any atom is 0.331 e. The molecule has 0 bridgehead atoms. The molecule has 0 aliphatic carbocycles. The van der Waals surface area contributed by atoms with Gasteiger partial charge in [0.2, 0.25) is 0 Å². The molecule has 36 heavy (non-hydrogen) atoms. The van der Waals surface area contributed by atoms with Crippen LogP contribution in [0.15, 0.2) is 12.7 Å². The lowest BCUT2D eigenvalue weighted by atomic mass is 10.6. The Morgan fingerprint density at radius 2 is 0.722 bits per heavy atom. The lowest BCUT2D eigenvalue weighted by molar-refractivity contribution is -0.146. The highest BCUT2D eigenvalue weighted by molar-refractivity contribution is 5.70. The van der Waals surface area contributed by atoms with Crippen molar-refractivity contribution in [3.05, 3.63) is 12.7 Å². The van der Waals surface area contributed by atoms with Gasteiger partial charge >= 0.3 is 5.97 Å². The molecule has 0 heterocycles. The van der Waals surface area contributed by atoms with Crippen molar-refractivity contribution < 1.29 is 56.9 Å². The van der Waals surface area contributed by atoms with Gasteiger partial charge in [0.25, 0.3) is 0 Å². The molecule has 0 aromatic carbocycles. The second-order valence-corrected chi connectivity index (χ2v) is 6.89. The second-order valence-electron chi connectivity index (χ2n) is 6.89. The fourth-order valence-corrected chi connectivity index (χ4v) is 2.26. The van der Waals surface area contributed by atoms with Gasteiger partial charge < -0.3 is 52.1 Å². The minimum atomic E-state index is -0.406. The van der Waals surface area contributed by atoms with Crippen molar-refractivity contribution in [1.29, 1.82) is 0 Å². The van der Waals surface area contributed by atoms with Gasteiger partial charge in [-0.2, -0.15) is 0 Å². The Morgan fingerprint density at radius 1 is 0.472 bits per heavy atom. The molecule has 0 unspecified atom stereocenters. The predicted molar refractivity (Wildman–Crippen MR) is 130 cm³/mol. The van der Waals surface area contributed by atoms with E-state index in [1.807, 2.05) is 0 Å². The van der Waals surface area contributed by atoms with Crippen LogP contribution >= 0.6 is 0 Å². The zero-order valence-electron chi connectivity index (χ0n) is 21.8. The van der Waals surface area contributed by atoms with Gasteiger partial charge in [0.15, 0.2) is 0 Å². The average Bonchev–Trinajstić information content (AvgIpc) is 2.89. The minimum Gasteiger partial charge on any atom is -0.467 e. The van der Waals surface area contributed by atoms with Gasteiger partial charge in [-0.1, -0.05) is 6.08 Å². The standard InChI is InChI=1S/C24H46O12/c1-3-4-27-5-6-28-7-8-29-9-10-30-11-12-31-13-14-32-15-16-33-17-18-34-19-20-35-21-22-36-23-24(25)26-2/h3H,1,4-23H2,2H3. The Hall–Kier alpha value is -1.19. The molecule has 0 N–H and O–H groups in total. The monoisotopic (exact) mass is 526 g/mol. The number of ether oxygens (including phenoxy) is 11. The molecule has 0 saturated heterocycles. The number of carbonyl (C=O) groups is 1. The number of carbonyl (C=O) groups excluding carboxylic acids is 1. The fourth-order valence-electron chi connectivity index (χ4n) is 2.26. The third-order valence-electron chi connectivity index (χ3n) is 4.03. The van der Waals surface area contributed by atoms with Crippen molar-refractivity contribution in [2.45, 2.75) is 0 Å². The molecule has 12 heteroatoms. The molecule has 214 valence electrons. The minimum absolute atomic E-state index is 0.0673. The zero-order valence-corrected chi connectivity index (χ0v) is 21.8. The number of methoxy groups -OCH3 is 1. The van der Waals surface area contributed by atoms with E-state index in [1.54, 1.807) is 6.08 Å². The van der Waals surface area contributed by atoms with Crippen LogP contribution in [0, 0.1) is 0 Å². The van der Waals surface area contributed by atoms with E-state index < -0.39 is 5.97 Å². The van der Waals surface area contributed by atoms with Crippen molar-refractivity contribution in [2.24, 2.45) is 0 Å². The summed E-state index contributed by atoms with van der Waals surface area (Å²) in [7, 11) is 1.31. The highest BCUT2D eigenvalue weighted by Crippen LogP contribution is 1.87. The quantitative estimate of drug-likeness (QED) is 0.0711. The van der Waals surface area contributed by atoms with Crippen LogP contribution in [-0.2, 0) is 56.9 Å². The predicted octanol–water partition coefficient (Wildman–Crippen LogP) is 0.511. The Kier molecular flexibility index (Phi) is 30.8. The van der Waals surface area contributed by atoms with Gasteiger partial charge in [0, 0.05) is 0 Å². The summed E-state index contributed by atoms with van der Waals surface area (Å²) < 4.78 is 57.8. The van der Waals surface area contributed by atoms with E-state index in [-0.39, 0.29) is 6.61 Å². The molecule has 0 radical (unpaired) electrons. The lowest BCUT2D eigenvalue weighted by Gasteiger charge is -2.09. The van der Waals surface area contributed by atoms with E-state index in [2.05, 4.69) is 11.3 Å². The third-order valence-corrected chi connectivity index (χ3v) is 4.03. The van der Waals surface area contributed by atoms with Gasteiger partial charge in [-0.15, -0.1) is 6.58 Å². The van der Waals surface area contributed by atoms with Crippen molar-refractivity contribution >= 4 is 5.97 Å². The summed E-state index contributed by atoms with van der Waals surface area (Å²) in [6.07, 6.45) is 1.71. The summed E-state index contributed by atoms with van der Waals surface area (Å²) in [5.41, 5.74) is 0. The van der Waals surface area contributed by atoms with E-state index >= 15 is 0 Å². The molecule has 0 fully saturated rings. The first-order chi connectivity index (χ1) is 17.8. The SMILES string of the molecule is C=CCOCCOCCOCCOCCOCCOCCOCCOCCOCCOCC(=O)OC. The Morgan fingerprint density at radius 3 is 0.972 bits per heavy atom. The van der Waals surface area contributed by atoms with Gasteiger partial charge in [0.1, 0.15) is 6.61 Å². The topological polar surface area (TPSA) is 119 Å². The highest BCUT2D eigenvalue weighted by Gasteiger charge is 1.99. The lowest BCUT2D eigenvalue weighted by Crippen LogP contribution is -2.16. The number of esters is 1. The summed E-state index contributed by atoms with van der Waals surface area (Å²) in [6, 6.07) is 0. The molecule has 0 atom stereocenters. The molecular formula is C24H46O12. The fraction of sp³-hybridized carbons (Fsp3) is 0.875. The van der Waals surface area contributed by atoms with Crippen LogP contribution in [0.4, 0.5) is 0 Å². The van der Waals surface area contributed by atoms with Crippen molar-refractivity contribution in [3.63, 3.8) is 0 Å². The summed E-state index contributed by atoms with van der Waals surface area (Å²) in [6.45, 7) is 12.9. The molecule has 0 saturated carbocycles. The number of hydrogen-bond donors (Lipinski definition) is 0. The van der Waals surface area contributed by atoms with Crippen LogP contribution in [0.1, 0.15) is 0 Å². The molecule has 0 rings (SSSR count). The smallest absolute Gasteiger partial charge is 0.331 e. The van der Waals surface area contributed by atoms with Crippen molar-refractivity contribution in [2.75, 3.05) is 139 Å². The van der Waals surface area contributed by atoms with E-state index in [9.17, 15) is 4.79 Å². The van der Waals surface area contributed by atoms with Crippen molar-refractivity contribution in [3.8, 4) is 0 Å². The molecule has 0 aliphatic rings. The third kappa shape index (κ3) is 30.8. The van der Waals surface area contributed by atoms with E-state index in [4.69, 9.17) is 47.4 Å². The molecule has 12 nitrogen and oxygen atoms in total. The van der Waals surface area contributed by atoms with Gasteiger partial charge in [-0.25, -0.2) is 4.79 Å². The number of rotatable bonds is 31. The van der Waals surface area contributed by atoms with Crippen LogP contribution in [-0.4, -0.2) is 145 Å². The summed E-state index contributed by atoms with van der Waals surface area (Å²) in [5.74, 6) is -0.406. The first kappa shape index (κ1) is 34.8. The van der Waals surface area contributed by atoms with Gasteiger partial charge in [-0.05, 0) is 0 Å². The Labute approximate surface area is 215 Å². The first-order valence-electron chi connectivity index (χ1n) is 12.3. The first-order valence-corrected chi connectivity index (χ1v) is 12.3. The number of hydrogen-bond acceptors (Lipinski definition) is 12. The van der Waals surface area contributed by atoms with Crippen LogP contribution in [0.5, 0.6) is 0 Å². The van der Waals surface area contributed by atoms with Crippen LogP contribution in [0.3, 0.4) is 0 Å². The molecule has 0 amide bonds. The van der Waals surface area contributed by atoms with Gasteiger partial charge in [0.05, 0.1) is 133 Å². The Bertz CT molecular complexity index is 453. The highest BCUT2D eigenvalue weighted by atomic mass is 16.6. The van der Waals surface area contributed by atoms with Gasteiger partial charge in [-0.3, -0.25) is 0 Å². The molecule has 0 aliphatic heterocycles. The molecule has 0 aromatic rings.